The summed E-state index contributed by atoms with van der Waals surface area (Å²) in [6.45, 7) is 6.06. The highest BCUT2D eigenvalue weighted by atomic mass is 35.5. The van der Waals surface area contributed by atoms with Crippen LogP contribution in [0.25, 0.3) is 0 Å². The molecule has 0 radical (unpaired) electrons. The van der Waals surface area contributed by atoms with Crippen LogP contribution in [0, 0.1) is 5.92 Å². The second-order valence-electron chi connectivity index (χ2n) is 5.29. The number of piperidine rings is 1. The van der Waals surface area contributed by atoms with Gasteiger partial charge in [-0.1, -0.05) is 23.7 Å². The minimum absolute atomic E-state index is 0.172. The number of benzene rings is 1. The Labute approximate surface area is 131 Å². The molecule has 1 saturated heterocycles. The fourth-order valence-electron chi connectivity index (χ4n) is 2.58. The van der Waals surface area contributed by atoms with Crippen LogP contribution in [0.1, 0.15) is 19.8 Å². The van der Waals surface area contributed by atoms with Crippen LogP contribution in [0.2, 0.25) is 5.02 Å². The van der Waals surface area contributed by atoms with Gasteiger partial charge in [-0.2, -0.15) is 0 Å². The number of carbonyl (C=O) groups excluding carboxylic acids is 1. The third-order valence-corrected chi connectivity index (χ3v) is 4.12. The number of hydrogen-bond donors (Lipinski definition) is 1. The van der Waals surface area contributed by atoms with Crippen molar-refractivity contribution in [2.75, 3.05) is 32.8 Å². The Kier molecular flexibility index (Phi) is 6.33. The zero-order valence-corrected chi connectivity index (χ0v) is 13.2. The average Bonchev–Trinajstić information content (AvgIpc) is 2.50. The molecule has 116 valence electrons. The van der Waals surface area contributed by atoms with E-state index in [2.05, 4.69) is 10.2 Å². The maximum Gasteiger partial charge on any atom is 0.223 e. The first-order valence-electron chi connectivity index (χ1n) is 7.58. The highest BCUT2D eigenvalue weighted by molar-refractivity contribution is 6.32. The van der Waals surface area contributed by atoms with Gasteiger partial charge in [0.25, 0.3) is 0 Å². The zero-order chi connectivity index (χ0) is 15.1. The fraction of sp³-hybridized carbons (Fsp3) is 0.562. The SMILES string of the molecule is CCNC(=O)C1CCN(CCOc2ccccc2Cl)CC1. The minimum Gasteiger partial charge on any atom is -0.491 e. The summed E-state index contributed by atoms with van der Waals surface area (Å²) in [6, 6.07) is 7.51. The van der Waals surface area contributed by atoms with Crippen molar-refractivity contribution in [1.82, 2.24) is 10.2 Å². The quantitative estimate of drug-likeness (QED) is 0.878. The van der Waals surface area contributed by atoms with E-state index >= 15 is 0 Å². The second kappa shape index (κ2) is 8.25. The van der Waals surface area contributed by atoms with Gasteiger partial charge >= 0.3 is 0 Å². The summed E-state index contributed by atoms with van der Waals surface area (Å²) in [6.07, 6.45) is 1.86. The van der Waals surface area contributed by atoms with Crippen LogP contribution in [0.15, 0.2) is 24.3 Å². The molecule has 0 unspecified atom stereocenters. The minimum atomic E-state index is 0.172. The highest BCUT2D eigenvalue weighted by Crippen LogP contribution is 2.23. The molecule has 1 aromatic carbocycles. The molecule has 1 heterocycles. The molecule has 0 aromatic heterocycles. The lowest BCUT2D eigenvalue weighted by atomic mass is 9.96. The third kappa shape index (κ3) is 4.90. The standard InChI is InChI=1S/C16H23ClN2O2/c1-2-18-16(20)13-7-9-19(10-8-13)11-12-21-15-6-4-3-5-14(15)17/h3-6,13H,2,7-12H2,1H3,(H,18,20). The number of halogens is 1. The number of amides is 1. The van der Waals surface area contributed by atoms with E-state index in [0.717, 1.165) is 38.2 Å². The molecule has 1 amide bonds. The number of likely N-dealkylation sites (tertiary alicyclic amines) is 1. The van der Waals surface area contributed by atoms with Crippen LogP contribution in [0.4, 0.5) is 0 Å². The molecule has 0 saturated carbocycles. The number of para-hydroxylation sites is 1. The molecule has 1 aliphatic heterocycles. The van der Waals surface area contributed by atoms with Gasteiger partial charge in [-0.05, 0) is 45.0 Å². The Morgan fingerprint density at radius 1 is 1.38 bits per heavy atom. The van der Waals surface area contributed by atoms with Gasteiger partial charge in [-0.25, -0.2) is 0 Å². The largest absolute Gasteiger partial charge is 0.491 e. The summed E-state index contributed by atoms with van der Waals surface area (Å²) in [7, 11) is 0. The van der Waals surface area contributed by atoms with E-state index in [4.69, 9.17) is 16.3 Å². The molecule has 1 aliphatic rings. The lowest BCUT2D eigenvalue weighted by Crippen LogP contribution is -2.41. The lowest BCUT2D eigenvalue weighted by Gasteiger charge is -2.31. The van der Waals surface area contributed by atoms with E-state index in [1.807, 2.05) is 31.2 Å². The second-order valence-corrected chi connectivity index (χ2v) is 5.70. The molecule has 1 N–H and O–H groups in total. The van der Waals surface area contributed by atoms with Crippen molar-refractivity contribution in [1.29, 1.82) is 0 Å². The van der Waals surface area contributed by atoms with E-state index < -0.39 is 0 Å². The van der Waals surface area contributed by atoms with Crippen molar-refractivity contribution >= 4 is 17.5 Å². The highest BCUT2D eigenvalue weighted by Gasteiger charge is 2.24. The van der Waals surface area contributed by atoms with Gasteiger partial charge in [0, 0.05) is 19.0 Å². The van der Waals surface area contributed by atoms with Crippen molar-refractivity contribution < 1.29 is 9.53 Å². The maximum atomic E-state index is 11.8. The van der Waals surface area contributed by atoms with Crippen molar-refractivity contribution in [2.24, 2.45) is 5.92 Å². The van der Waals surface area contributed by atoms with Gasteiger partial charge in [0.05, 0.1) is 5.02 Å². The molecular weight excluding hydrogens is 288 g/mol. The number of hydrogen-bond acceptors (Lipinski definition) is 3. The van der Waals surface area contributed by atoms with Crippen LogP contribution in [0.3, 0.4) is 0 Å². The molecule has 0 aliphatic carbocycles. The third-order valence-electron chi connectivity index (χ3n) is 3.81. The summed E-state index contributed by atoms with van der Waals surface area (Å²) in [5.41, 5.74) is 0. The number of nitrogens with one attached hydrogen (secondary N) is 1. The average molecular weight is 311 g/mol. The molecule has 0 spiro atoms. The Hall–Kier alpha value is -1.26. The lowest BCUT2D eigenvalue weighted by molar-refractivity contribution is -0.126. The Bertz CT molecular complexity index is 459. The predicted octanol–water partition coefficient (Wildman–Crippen LogP) is 2.57. The smallest absolute Gasteiger partial charge is 0.223 e. The van der Waals surface area contributed by atoms with Gasteiger partial charge in [0.2, 0.25) is 5.91 Å². The number of nitrogens with zero attached hydrogens (tertiary/aromatic N) is 1. The van der Waals surface area contributed by atoms with E-state index in [1.165, 1.54) is 0 Å². The van der Waals surface area contributed by atoms with Crippen molar-refractivity contribution in [3.05, 3.63) is 29.3 Å². The molecule has 21 heavy (non-hydrogen) atoms. The van der Waals surface area contributed by atoms with Crippen LogP contribution < -0.4 is 10.1 Å². The first-order valence-corrected chi connectivity index (χ1v) is 7.96. The van der Waals surface area contributed by atoms with Crippen LogP contribution in [0.5, 0.6) is 5.75 Å². The first-order chi connectivity index (χ1) is 10.2. The summed E-state index contributed by atoms with van der Waals surface area (Å²) in [5.74, 6) is 1.10. The number of carbonyl (C=O) groups is 1. The van der Waals surface area contributed by atoms with Gasteiger partial charge in [-0.15, -0.1) is 0 Å². The topological polar surface area (TPSA) is 41.6 Å². The number of ether oxygens (including phenoxy) is 1. The van der Waals surface area contributed by atoms with Crippen molar-refractivity contribution in [3.63, 3.8) is 0 Å². The maximum absolute atomic E-state index is 11.8. The van der Waals surface area contributed by atoms with Crippen molar-refractivity contribution in [2.45, 2.75) is 19.8 Å². The van der Waals surface area contributed by atoms with E-state index in [0.29, 0.717) is 18.2 Å². The van der Waals surface area contributed by atoms with Crippen molar-refractivity contribution in [3.8, 4) is 5.75 Å². The molecule has 0 bridgehead atoms. The summed E-state index contributed by atoms with van der Waals surface area (Å²) < 4.78 is 5.70. The Morgan fingerprint density at radius 2 is 2.10 bits per heavy atom. The molecule has 1 aromatic rings. The van der Waals surface area contributed by atoms with Gasteiger partial charge in [0.1, 0.15) is 12.4 Å². The van der Waals surface area contributed by atoms with Crippen LogP contribution in [-0.4, -0.2) is 43.6 Å². The molecule has 1 fully saturated rings. The summed E-state index contributed by atoms with van der Waals surface area (Å²) >= 11 is 6.05. The molecule has 5 heteroatoms. The first kappa shape index (κ1) is 16.1. The summed E-state index contributed by atoms with van der Waals surface area (Å²) in [4.78, 5) is 14.1. The van der Waals surface area contributed by atoms with E-state index in [-0.39, 0.29) is 11.8 Å². The van der Waals surface area contributed by atoms with Crippen LogP contribution >= 0.6 is 11.6 Å². The molecule has 2 rings (SSSR count). The summed E-state index contributed by atoms with van der Waals surface area (Å²) in [5, 5.41) is 3.55. The fourth-order valence-corrected chi connectivity index (χ4v) is 2.77. The van der Waals surface area contributed by atoms with E-state index in [9.17, 15) is 4.79 Å². The van der Waals surface area contributed by atoms with E-state index in [1.54, 1.807) is 0 Å². The normalized spacial score (nSPS) is 16.7. The molecular formula is C16H23ClN2O2. The Balaban J connectivity index is 1.67. The monoisotopic (exact) mass is 310 g/mol. The predicted molar refractivity (Wildman–Crippen MR) is 84.8 cm³/mol. The van der Waals surface area contributed by atoms with Gasteiger partial charge in [-0.3, -0.25) is 9.69 Å². The zero-order valence-electron chi connectivity index (χ0n) is 12.5. The molecule has 4 nitrogen and oxygen atoms in total. The number of rotatable bonds is 6. The van der Waals surface area contributed by atoms with Gasteiger partial charge < -0.3 is 10.1 Å². The molecule has 0 atom stereocenters. The van der Waals surface area contributed by atoms with Crippen LogP contribution in [-0.2, 0) is 4.79 Å². The Morgan fingerprint density at radius 3 is 2.76 bits per heavy atom. The van der Waals surface area contributed by atoms with Gasteiger partial charge in [0.15, 0.2) is 0 Å².